The van der Waals surface area contributed by atoms with Crippen molar-refractivity contribution in [1.29, 1.82) is 0 Å². The number of aliphatic hydroxyl groups is 2. The Bertz CT molecular complexity index is 434. The van der Waals surface area contributed by atoms with Gasteiger partial charge < -0.3 is 19.7 Å². The molecule has 0 amide bonds. The summed E-state index contributed by atoms with van der Waals surface area (Å²) in [5.41, 5.74) is -0.0230. The SMILES string of the molecule is O=[N+]([O-])c1ccc(OC2CC(O)CC(CO)O2)cc1. The van der Waals surface area contributed by atoms with E-state index in [1.165, 1.54) is 24.3 Å². The van der Waals surface area contributed by atoms with Gasteiger partial charge in [0.05, 0.1) is 23.7 Å². The Morgan fingerprint density at radius 3 is 2.63 bits per heavy atom. The summed E-state index contributed by atoms with van der Waals surface area (Å²) < 4.78 is 10.9. The number of aliphatic hydroxyl groups excluding tert-OH is 2. The average Bonchev–Trinajstić information content (AvgIpc) is 2.38. The van der Waals surface area contributed by atoms with Crippen LogP contribution in [0.25, 0.3) is 0 Å². The molecule has 1 aliphatic heterocycles. The summed E-state index contributed by atoms with van der Waals surface area (Å²) in [6.07, 6.45) is -1.03. The Labute approximate surface area is 109 Å². The Hall–Kier alpha value is -1.70. The van der Waals surface area contributed by atoms with Gasteiger partial charge in [0.15, 0.2) is 0 Å². The lowest BCUT2D eigenvalue weighted by Gasteiger charge is -2.32. The molecule has 1 aromatic carbocycles. The highest BCUT2D eigenvalue weighted by molar-refractivity contribution is 5.36. The molecule has 7 nitrogen and oxygen atoms in total. The van der Waals surface area contributed by atoms with E-state index in [4.69, 9.17) is 14.6 Å². The van der Waals surface area contributed by atoms with Crippen molar-refractivity contribution in [2.75, 3.05) is 6.61 Å². The van der Waals surface area contributed by atoms with Crippen molar-refractivity contribution < 1.29 is 24.6 Å². The molecule has 0 spiro atoms. The number of hydrogen-bond acceptors (Lipinski definition) is 6. The number of nitro benzene ring substituents is 1. The van der Waals surface area contributed by atoms with Crippen molar-refractivity contribution in [3.8, 4) is 5.75 Å². The van der Waals surface area contributed by atoms with E-state index in [0.29, 0.717) is 18.6 Å². The lowest BCUT2D eigenvalue weighted by atomic mass is 10.1. The minimum atomic E-state index is -0.664. The summed E-state index contributed by atoms with van der Waals surface area (Å²) in [4.78, 5) is 10.0. The molecule has 0 bridgehead atoms. The van der Waals surface area contributed by atoms with Crippen molar-refractivity contribution in [2.24, 2.45) is 0 Å². The first-order chi connectivity index (χ1) is 9.08. The first kappa shape index (κ1) is 13.7. The average molecular weight is 269 g/mol. The molecule has 0 aromatic heterocycles. The smallest absolute Gasteiger partial charge is 0.269 e. The molecular weight excluding hydrogens is 254 g/mol. The highest BCUT2D eigenvalue weighted by Crippen LogP contribution is 2.24. The lowest BCUT2D eigenvalue weighted by Crippen LogP contribution is -2.40. The number of ether oxygens (including phenoxy) is 2. The van der Waals surface area contributed by atoms with Gasteiger partial charge in [0.25, 0.3) is 5.69 Å². The number of rotatable bonds is 4. The molecule has 3 atom stereocenters. The summed E-state index contributed by atoms with van der Waals surface area (Å²) in [5.74, 6) is 0.418. The zero-order valence-electron chi connectivity index (χ0n) is 10.1. The molecule has 3 unspecified atom stereocenters. The van der Waals surface area contributed by atoms with E-state index >= 15 is 0 Å². The van der Waals surface area contributed by atoms with Crippen molar-refractivity contribution in [3.63, 3.8) is 0 Å². The number of hydrogen-bond donors (Lipinski definition) is 2. The topological polar surface area (TPSA) is 102 Å². The van der Waals surface area contributed by atoms with Gasteiger partial charge in [-0.3, -0.25) is 10.1 Å². The van der Waals surface area contributed by atoms with Crippen LogP contribution >= 0.6 is 0 Å². The standard InChI is InChI=1S/C12H15NO6/c14-7-11-5-9(15)6-12(19-11)18-10-3-1-8(2-4-10)13(16)17/h1-4,9,11-12,14-15H,5-7H2. The van der Waals surface area contributed by atoms with Crippen molar-refractivity contribution in [1.82, 2.24) is 0 Å². The number of nitrogens with zero attached hydrogens (tertiary/aromatic N) is 1. The maximum Gasteiger partial charge on any atom is 0.269 e. The second-order valence-electron chi connectivity index (χ2n) is 4.36. The van der Waals surface area contributed by atoms with E-state index in [2.05, 4.69) is 0 Å². The summed E-state index contributed by atoms with van der Waals surface area (Å²) in [7, 11) is 0. The van der Waals surface area contributed by atoms with Gasteiger partial charge in [-0.25, -0.2) is 0 Å². The highest BCUT2D eigenvalue weighted by Gasteiger charge is 2.29. The van der Waals surface area contributed by atoms with Crippen LogP contribution in [0.2, 0.25) is 0 Å². The second-order valence-corrected chi connectivity index (χ2v) is 4.36. The molecule has 1 saturated heterocycles. The fraction of sp³-hybridized carbons (Fsp3) is 0.500. The highest BCUT2D eigenvalue weighted by atomic mass is 16.7. The van der Waals surface area contributed by atoms with E-state index < -0.39 is 23.4 Å². The van der Waals surface area contributed by atoms with Crippen LogP contribution in [0, 0.1) is 10.1 Å². The first-order valence-electron chi connectivity index (χ1n) is 5.94. The van der Waals surface area contributed by atoms with Crippen molar-refractivity contribution in [2.45, 2.75) is 31.3 Å². The van der Waals surface area contributed by atoms with E-state index in [0.717, 1.165) is 0 Å². The molecule has 2 rings (SSSR count). The third-order valence-corrected chi connectivity index (χ3v) is 2.86. The lowest BCUT2D eigenvalue weighted by molar-refractivity contribution is -0.384. The maximum atomic E-state index is 10.5. The van der Waals surface area contributed by atoms with Gasteiger partial charge in [-0.05, 0) is 12.1 Å². The second kappa shape index (κ2) is 5.96. The first-order valence-corrected chi connectivity index (χ1v) is 5.94. The molecule has 1 fully saturated rings. The summed E-state index contributed by atoms with van der Waals surface area (Å²) in [6, 6.07) is 5.60. The van der Waals surface area contributed by atoms with E-state index in [9.17, 15) is 15.2 Å². The molecule has 0 saturated carbocycles. The predicted molar refractivity (Wildman–Crippen MR) is 64.7 cm³/mol. The van der Waals surface area contributed by atoms with Gasteiger partial charge in [-0.2, -0.15) is 0 Å². The van der Waals surface area contributed by atoms with Gasteiger partial charge in [-0.1, -0.05) is 0 Å². The number of benzene rings is 1. The summed E-state index contributed by atoms with van der Waals surface area (Å²) in [6.45, 7) is -0.183. The molecular formula is C12H15NO6. The molecule has 0 aliphatic carbocycles. The Balaban J connectivity index is 1.98. The van der Waals surface area contributed by atoms with Crippen molar-refractivity contribution in [3.05, 3.63) is 34.4 Å². The molecule has 2 N–H and O–H groups in total. The maximum absolute atomic E-state index is 10.5. The Morgan fingerprint density at radius 2 is 2.05 bits per heavy atom. The number of nitro groups is 1. The molecule has 0 radical (unpaired) electrons. The quantitative estimate of drug-likeness (QED) is 0.620. The zero-order chi connectivity index (χ0) is 13.8. The van der Waals surface area contributed by atoms with Gasteiger partial charge in [0, 0.05) is 25.0 Å². The van der Waals surface area contributed by atoms with Crippen LogP contribution in [0.15, 0.2) is 24.3 Å². The van der Waals surface area contributed by atoms with Gasteiger partial charge in [-0.15, -0.1) is 0 Å². The third-order valence-electron chi connectivity index (χ3n) is 2.86. The molecule has 1 aromatic rings. The minimum Gasteiger partial charge on any atom is -0.465 e. The van der Waals surface area contributed by atoms with Gasteiger partial charge in [0.2, 0.25) is 6.29 Å². The minimum absolute atomic E-state index is 0.0230. The van der Waals surface area contributed by atoms with Gasteiger partial charge >= 0.3 is 0 Å². The van der Waals surface area contributed by atoms with Crippen molar-refractivity contribution >= 4 is 5.69 Å². The van der Waals surface area contributed by atoms with Crippen LogP contribution < -0.4 is 4.74 Å². The van der Waals surface area contributed by atoms with E-state index in [1.54, 1.807) is 0 Å². The molecule has 19 heavy (non-hydrogen) atoms. The fourth-order valence-electron chi connectivity index (χ4n) is 1.94. The van der Waals surface area contributed by atoms with Crippen LogP contribution in [-0.2, 0) is 4.74 Å². The van der Waals surface area contributed by atoms with Crippen LogP contribution in [0.4, 0.5) is 5.69 Å². The zero-order valence-corrected chi connectivity index (χ0v) is 10.1. The number of non-ortho nitro benzene ring substituents is 1. The molecule has 1 heterocycles. The Morgan fingerprint density at radius 1 is 1.37 bits per heavy atom. The Kier molecular flexibility index (Phi) is 4.31. The summed E-state index contributed by atoms with van der Waals surface area (Å²) >= 11 is 0. The summed E-state index contributed by atoms with van der Waals surface area (Å²) in [5, 5.41) is 29.1. The largest absolute Gasteiger partial charge is 0.465 e. The molecule has 7 heteroatoms. The van der Waals surface area contributed by atoms with Gasteiger partial charge in [0.1, 0.15) is 5.75 Å². The van der Waals surface area contributed by atoms with Crippen LogP contribution in [0.3, 0.4) is 0 Å². The molecule has 104 valence electrons. The monoisotopic (exact) mass is 269 g/mol. The van der Waals surface area contributed by atoms with Crippen LogP contribution in [0.1, 0.15) is 12.8 Å². The molecule has 1 aliphatic rings. The normalized spacial score (nSPS) is 26.9. The van der Waals surface area contributed by atoms with E-state index in [-0.39, 0.29) is 12.3 Å². The van der Waals surface area contributed by atoms with Crippen LogP contribution in [0.5, 0.6) is 5.75 Å². The fourth-order valence-corrected chi connectivity index (χ4v) is 1.94. The predicted octanol–water partition coefficient (Wildman–Crippen LogP) is 0.832. The van der Waals surface area contributed by atoms with Crippen LogP contribution in [-0.4, -0.2) is 40.2 Å². The third kappa shape index (κ3) is 3.63. The van der Waals surface area contributed by atoms with E-state index in [1.807, 2.05) is 0 Å².